The highest BCUT2D eigenvalue weighted by Gasteiger charge is 2.16. The van der Waals surface area contributed by atoms with Crippen molar-refractivity contribution < 1.29 is 4.39 Å². The van der Waals surface area contributed by atoms with Crippen molar-refractivity contribution in [2.24, 2.45) is 5.41 Å². The van der Waals surface area contributed by atoms with Gasteiger partial charge in [0.05, 0.1) is 11.4 Å². The first-order valence-electron chi connectivity index (χ1n) is 5.06. The second-order valence-corrected chi connectivity index (χ2v) is 5.09. The molecule has 0 amide bonds. The highest BCUT2D eigenvalue weighted by Crippen LogP contribution is 2.27. The molecule has 1 aromatic carbocycles. The Kier molecular flexibility index (Phi) is 3.22. The third-order valence-corrected chi connectivity index (χ3v) is 2.15. The molecule has 0 aromatic heterocycles. The molecule has 1 rings (SSSR count). The maximum Gasteiger partial charge on any atom is 0.148 e. The van der Waals surface area contributed by atoms with Gasteiger partial charge in [0.2, 0.25) is 0 Å². The number of para-hydroxylation sites is 1. The zero-order chi connectivity index (χ0) is 11.6. The zero-order valence-electron chi connectivity index (χ0n) is 9.84. The summed E-state index contributed by atoms with van der Waals surface area (Å²) < 4.78 is 13.2. The standard InChI is InChI=1S/C12H19FN2/c1-12(2,3)8-15(4)10-7-5-6-9(13)11(10)14/h5-7H,8,14H2,1-4H3. The van der Waals surface area contributed by atoms with Crippen molar-refractivity contribution in [3.05, 3.63) is 24.0 Å². The van der Waals surface area contributed by atoms with Crippen LogP contribution in [0.4, 0.5) is 15.8 Å². The summed E-state index contributed by atoms with van der Waals surface area (Å²) in [5, 5.41) is 0. The lowest BCUT2D eigenvalue weighted by atomic mass is 9.96. The van der Waals surface area contributed by atoms with Crippen molar-refractivity contribution in [2.45, 2.75) is 20.8 Å². The van der Waals surface area contributed by atoms with Crippen LogP contribution in [0.15, 0.2) is 18.2 Å². The van der Waals surface area contributed by atoms with Crippen molar-refractivity contribution in [3.8, 4) is 0 Å². The molecule has 1 aromatic rings. The van der Waals surface area contributed by atoms with E-state index in [4.69, 9.17) is 5.73 Å². The Hall–Kier alpha value is -1.25. The van der Waals surface area contributed by atoms with Crippen LogP contribution in [0, 0.1) is 11.2 Å². The molecule has 2 nitrogen and oxygen atoms in total. The summed E-state index contributed by atoms with van der Waals surface area (Å²) in [5.74, 6) is -0.353. The van der Waals surface area contributed by atoms with Crippen LogP contribution in [0.3, 0.4) is 0 Å². The Bertz CT molecular complexity index is 342. The van der Waals surface area contributed by atoms with Crippen LogP contribution < -0.4 is 10.6 Å². The fourth-order valence-electron chi connectivity index (χ4n) is 1.66. The number of nitrogens with zero attached hydrogens (tertiary/aromatic N) is 1. The van der Waals surface area contributed by atoms with E-state index >= 15 is 0 Å². The van der Waals surface area contributed by atoms with Gasteiger partial charge in [-0.2, -0.15) is 0 Å². The molecule has 84 valence electrons. The molecule has 0 aliphatic heterocycles. The first kappa shape index (κ1) is 11.8. The van der Waals surface area contributed by atoms with Gasteiger partial charge in [-0.1, -0.05) is 26.8 Å². The molecule has 0 unspecified atom stereocenters. The number of hydrogen-bond acceptors (Lipinski definition) is 2. The minimum atomic E-state index is -0.353. The van der Waals surface area contributed by atoms with E-state index in [9.17, 15) is 4.39 Å². The molecule has 2 N–H and O–H groups in total. The lowest BCUT2D eigenvalue weighted by Crippen LogP contribution is -2.29. The lowest BCUT2D eigenvalue weighted by Gasteiger charge is -2.29. The van der Waals surface area contributed by atoms with E-state index in [0.717, 1.165) is 12.2 Å². The van der Waals surface area contributed by atoms with Gasteiger partial charge in [-0.25, -0.2) is 4.39 Å². The highest BCUT2D eigenvalue weighted by molar-refractivity contribution is 5.67. The smallest absolute Gasteiger partial charge is 0.148 e. The van der Waals surface area contributed by atoms with E-state index in [0.29, 0.717) is 0 Å². The van der Waals surface area contributed by atoms with Crippen LogP contribution in [0.5, 0.6) is 0 Å². The Morgan fingerprint density at radius 1 is 1.33 bits per heavy atom. The molecule has 0 aliphatic rings. The molecule has 0 saturated heterocycles. The van der Waals surface area contributed by atoms with E-state index < -0.39 is 0 Å². The molecule has 0 heterocycles. The van der Waals surface area contributed by atoms with Crippen molar-refractivity contribution in [1.29, 1.82) is 0 Å². The Morgan fingerprint density at radius 2 is 1.93 bits per heavy atom. The molecule has 0 spiro atoms. The number of anilines is 2. The van der Waals surface area contributed by atoms with Gasteiger partial charge in [0.1, 0.15) is 5.82 Å². The topological polar surface area (TPSA) is 29.3 Å². The number of rotatable bonds is 2. The average molecular weight is 210 g/mol. The first-order valence-corrected chi connectivity index (χ1v) is 5.06. The van der Waals surface area contributed by atoms with Crippen LogP contribution in [-0.4, -0.2) is 13.6 Å². The monoisotopic (exact) mass is 210 g/mol. The van der Waals surface area contributed by atoms with E-state index in [2.05, 4.69) is 20.8 Å². The minimum absolute atomic E-state index is 0.160. The molecule has 3 heteroatoms. The predicted octanol–water partition coefficient (Wildman–Crippen LogP) is 2.89. The molecular weight excluding hydrogens is 191 g/mol. The largest absolute Gasteiger partial charge is 0.395 e. The third kappa shape index (κ3) is 3.11. The highest BCUT2D eigenvalue weighted by atomic mass is 19.1. The van der Waals surface area contributed by atoms with Gasteiger partial charge < -0.3 is 10.6 Å². The summed E-state index contributed by atoms with van der Waals surface area (Å²) in [4.78, 5) is 1.98. The molecule has 0 radical (unpaired) electrons. The summed E-state index contributed by atoms with van der Waals surface area (Å²) in [6.45, 7) is 7.25. The molecule has 0 saturated carbocycles. The summed E-state index contributed by atoms with van der Waals surface area (Å²) in [5.41, 5.74) is 6.83. The van der Waals surface area contributed by atoms with Gasteiger partial charge in [-0.05, 0) is 17.5 Å². The van der Waals surface area contributed by atoms with Crippen LogP contribution in [-0.2, 0) is 0 Å². The van der Waals surface area contributed by atoms with Gasteiger partial charge in [-0.3, -0.25) is 0 Å². The Balaban J connectivity index is 2.92. The van der Waals surface area contributed by atoms with Crippen LogP contribution >= 0.6 is 0 Å². The number of benzene rings is 1. The lowest BCUT2D eigenvalue weighted by molar-refractivity contribution is 0.419. The molecule has 0 atom stereocenters. The van der Waals surface area contributed by atoms with Gasteiger partial charge in [0.15, 0.2) is 0 Å². The van der Waals surface area contributed by atoms with Crippen LogP contribution in [0.1, 0.15) is 20.8 Å². The second kappa shape index (κ2) is 4.09. The van der Waals surface area contributed by atoms with Gasteiger partial charge in [-0.15, -0.1) is 0 Å². The van der Waals surface area contributed by atoms with Crippen LogP contribution in [0.2, 0.25) is 0 Å². The number of hydrogen-bond donors (Lipinski definition) is 1. The van der Waals surface area contributed by atoms with E-state index in [1.807, 2.05) is 18.0 Å². The van der Waals surface area contributed by atoms with Crippen molar-refractivity contribution >= 4 is 11.4 Å². The van der Waals surface area contributed by atoms with Gasteiger partial charge in [0, 0.05) is 13.6 Å². The van der Waals surface area contributed by atoms with Crippen molar-refractivity contribution in [2.75, 3.05) is 24.2 Å². The first-order chi connectivity index (χ1) is 6.81. The predicted molar refractivity (Wildman–Crippen MR) is 63.5 cm³/mol. The SMILES string of the molecule is CN(CC(C)(C)C)c1cccc(F)c1N. The molecular formula is C12H19FN2. The molecule has 0 aliphatic carbocycles. The minimum Gasteiger partial charge on any atom is -0.395 e. The summed E-state index contributed by atoms with van der Waals surface area (Å²) in [7, 11) is 1.93. The van der Waals surface area contributed by atoms with E-state index in [-0.39, 0.29) is 16.9 Å². The number of nitrogen functional groups attached to an aromatic ring is 1. The maximum atomic E-state index is 13.2. The fraction of sp³-hybridized carbons (Fsp3) is 0.500. The summed E-state index contributed by atoms with van der Waals surface area (Å²) >= 11 is 0. The Morgan fingerprint density at radius 3 is 2.47 bits per heavy atom. The Labute approximate surface area is 90.9 Å². The fourth-order valence-corrected chi connectivity index (χ4v) is 1.66. The molecule has 0 fully saturated rings. The number of halogens is 1. The maximum absolute atomic E-state index is 13.2. The molecule has 0 bridgehead atoms. The average Bonchev–Trinajstić information content (AvgIpc) is 2.06. The van der Waals surface area contributed by atoms with Gasteiger partial charge >= 0.3 is 0 Å². The third-order valence-electron chi connectivity index (χ3n) is 2.15. The van der Waals surface area contributed by atoms with E-state index in [1.165, 1.54) is 6.07 Å². The zero-order valence-corrected chi connectivity index (χ0v) is 9.84. The molecule has 15 heavy (non-hydrogen) atoms. The summed E-state index contributed by atoms with van der Waals surface area (Å²) in [6.07, 6.45) is 0. The second-order valence-electron chi connectivity index (χ2n) is 5.09. The van der Waals surface area contributed by atoms with Gasteiger partial charge in [0.25, 0.3) is 0 Å². The van der Waals surface area contributed by atoms with Crippen molar-refractivity contribution in [3.63, 3.8) is 0 Å². The normalized spacial score (nSPS) is 11.5. The van der Waals surface area contributed by atoms with E-state index in [1.54, 1.807) is 6.07 Å². The van der Waals surface area contributed by atoms with Crippen molar-refractivity contribution in [1.82, 2.24) is 0 Å². The number of nitrogens with two attached hydrogens (primary N) is 1. The summed E-state index contributed by atoms with van der Waals surface area (Å²) in [6, 6.07) is 4.90. The quantitative estimate of drug-likeness (QED) is 0.760. The van der Waals surface area contributed by atoms with Crippen LogP contribution in [0.25, 0.3) is 0 Å².